The third kappa shape index (κ3) is 4.43. The van der Waals surface area contributed by atoms with Crippen LogP contribution in [0.3, 0.4) is 0 Å². The van der Waals surface area contributed by atoms with Gasteiger partial charge in [0.1, 0.15) is 5.82 Å². The van der Waals surface area contributed by atoms with Crippen molar-refractivity contribution in [3.05, 3.63) is 34.6 Å². The van der Waals surface area contributed by atoms with E-state index in [-0.39, 0.29) is 5.82 Å². The number of likely N-dealkylation sites (tertiary alicyclic amines) is 1. The minimum Gasteiger partial charge on any atom is -0.311 e. The molecule has 2 nitrogen and oxygen atoms in total. The van der Waals surface area contributed by atoms with Gasteiger partial charge in [-0.3, -0.25) is 4.90 Å². The summed E-state index contributed by atoms with van der Waals surface area (Å²) < 4.78 is 13.9. The molecule has 0 amide bonds. The molecule has 1 N–H and O–H groups in total. The molecule has 3 rings (SSSR count). The standard InChI is InChI=1S/C18H26ClFN2/c19-15-7-6-14(18(20)12-15)13-22-10-8-17(9-11-22)21-16-4-2-1-3-5-16/h6-7,12,16-17,21H,1-5,8-11,13H2. The lowest BCUT2D eigenvalue weighted by Crippen LogP contribution is -2.46. The summed E-state index contributed by atoms with van der Waals surface area (Å²) in [5.41, 5.74) is 0.753. The first-order valence-corrected chi connectivity index (χ1v) is 9.01. The molecule has 0 aromatic heterocycles. The topological polar surface area (TPSA) is 15.3 Å². The van der Waals surface area contributed by atoms with Crippen LogP contribution in [-0.4, -0.2) is 30.1 Å². The average Bonchev–Trinajstić information content (AvgIpc) is 2.53. The van der Waals surface area contributed by atoms with Gasteiger partial charge in [-0.25, -0.2) is 4.39 Å². The second-order valence-electron chi connectivity index (χ2n) is 6.79. The van der Waals surface area contributed by atoms with E-state index in [4.69, 9.17) is 11.6 Å². The minimum atomic E-state index is -0.185. The lowest BCUT2D eigenvalue weighted by molar-refractivity contribution is 0.176. The molecule has 1 aliphatic heterocycles. The van der Waals surface area contributed by atoms with Crippen molar-refractivity contribution in [1.82, 2.24) is 10.2 Å². The average molecular weight is 325 g/mol. The molecule has 4 heteroatoms. The Morgan fingerprint density at radius 3 is 2.41 bits per heavy atom. The first kappa shape index (κ1) is 16.2. The highest BCUT2D eigenvalue weighted by Gasteiger charge is 2.23. The lowest BCUT2D eigenvalue weighted by atomic mass is 9.93. The van der Waals surface area contributed by atoms with E-state index in [0.29, 0.717) is 17.6 Å². The number of hydrogen-bond donors (Lipinski definition) is 1. The van der Waals surface area contributed by atoms with Crippen molar-refractivity contribution >= 4 is 11.6 Å². The highest BCUT2D eigenvalue weighted by atomic mass is 35.5. The number of nitrogens with zero attached hydrogens (tertiary/aromatic N) is 1. The van der Waals surface area contributed by atoms with Crippen molar-refractivity contribution in [2.45, 2.75) is 63.6 Å². The van der Waals surface area contributed by atoms with Crippen LogP contribution in [0.2, 0.25) is 5.02 Å². The van der Waals surface area contributed by atoms with Gasteiger partial charge < -0.3 is 5.32 Å². The van der Waals surface area contributed by atoms with Crippen molar-refractivity contribution in [3.63, 3.8) is 0 Å². The van der Waals surface area contributed by atoms with Crippen LogP contribution in [0.1, 0.15) is 50.5 Å². The first-order chi connectivity index (χ1) is 10.7. The van der Waals surface area contributed by atoms with Crippen LogP contribution >= 0.6 is 11.6 Å². The Labute approximate surface area is 138 Å². The largest absolute Gasteiger partial charge is 0.311 e. The SMILES string of the molecule is Fc1cc(Cl)ccc1CN1CCC(NC2CCCCC2)CC1. The number of rotatable bonds is 4. The minimum absolute atomic E-state index is 0.185. The van der Waals surface area contributed by atoms with Crippen LogP contribution in [0.25, 0.3) is 0 Å². The normalized spacial score (nSPS) is 22.1. The van der Waals surface area contributed by atoms with Crippen LogP contribution in [0.15, 0.2) is 18.2 Å². The van der Waals surface area contributed by atoms with E-state index in [1.54, 1.807) is 6.07 Å². The van der Waals surface area contributed by atoms with E-state index in [1.807, 2.05) is 6.07 Å². The van der Waals surface area contributed by atoms with Crippen LogP contribution in [-0.2, 0) is 6.54 Å². The second kappa shape index (κ2) is 7.76. The number of nitrogens with one attached hydrogen (secondary N) is 1. The molecule has 1 saturated heterocycles. The summed E-state index contributed by atoms with van der Waals surface area (Å²) in [5.74, 6) is -0.185. The van der Waals surface area contributed by atoms with E-state index in [9.17, 15) is 4.39 Å². The molecule has 2 fully saturated rings. The second-order valence-corrected chi connectivity index (χ2v) is 7.22. The van der Waals surface area contributed by atoms with Crippen LogP contribution < -0.4 is 5.32 Å². The van der Waals surface area contributed by atoms with E-state index >= 15 is 0 Å². The van der Waals surface area contributed by atoms with Gasteiger partial charge in [-0.2, -0.15) is 0 Å². The molecule has 1 saturated carbocycles. The molecular weight excluding hydrogens is 299 g/mol. The van der Waals surface area contributed by atoms with Crippen molar-refractivity contribution < 1.29 is 4.39 Å². The summed E-state index contributed by atoms with van der Waals surface area (Å²) in [6, 6.07) is 6.38. The third-order valence-electron chi connectivity index (χ3n) is 5.07. The van der Waals surface area contributed by atoms with Gasteiger partial charge in [0.25, 0.3) is 0 Å². The van der Waals surface area contributed by atoms with Gasteiger partial charge in [-0.1, -0.05) is 36.9 Å². The smallest absolute Gasteiger partial charge is 0.129 e. The summed E-state index contributed by atoms with van der Waals surface area (Å²) in [4.78, 5) is 2.35. The molecule has 1 aromatic carbocycles. The Bertz CT molecular complexity index is 480. The van der Waals surface area contributed by atoms with Crippen molar-refractivity contribution in [3.8, 4) is 0 Å². The number of halogens is 2. The van der Waals surface area contributed by atoms with E-state index in [1.165, 1.54) is 51.0 Å². The Morgan fingerprint density at radius 1 is 1.05 bits per heavy atom. The molecule has 0 spiro atoms. The van der Waals surface area contributed by atoms with Gasteiger partial charge in [-0.05, 0) is 50.9 Å². The molecule has 0 atom stereocenters. The van der Waals surface area contributed by atoms with Gasteiger partial charge in [0.2, 0.25) is 0 Å². The summed E-state index contributed by atoms with van der Waals surface area (Å²) in [6.45, 7) is 2.79. The number of hydrogen-bond acceptors (Lipinski definition) is 2. The van der Waals surface area contributed by atoms with Gasteiger partial charge in [0.05, 0.1) is 0 Å². The summed E-state index contributed by atoms with van der Waals surface area (Å²) in [6.07, 6.45) is 9.20. The van der Waals surface area contributed by atoms with Gasteiger partial charge in [0, 0.05) is 29.2 Å². The van der Waals surface area contributed by atoms with Gasteiger partial charge in [-0.15, -0.1) is 0 Å². The van der Waals surface area contributed by atoms with E-state index < -0.39 is 0 Å². The molecule has 0 radical (unpaired) electrons. The molecule has 0 unspecified atom stereocenters. The molecular formula is C18H26ClFN2. The van der Waals surface area contributed by atoms with E-state index in [2.05, 4.69) is 10.2 Å². The molecule has 1 aromatic rings. The molecule has 1 heterocycles. The Hall–Kier alpha value is -0.640. The Morgan fingerprint density at radius 2 is 1.73 bits per heavy atom. The van der Waals surface area contributed by atoms with Crippen LogP contribution in [0, 0.1) is 5.82 Å². The first-order valence-electron chi connectivity index (χ1n) is 8.63. The summed E-state index contributed by atoms with van der Waals surface area (Å²) in [5, 5.41) is 4.31. The summed E-state index contributed by atoms with van der Waals surface area (Å²) in [7, 11) is 0. The zero-order valence-corrected chi connectivity index (χ0v) is 13.9. The van der Waals surface area contributed by atoms with Crippen LogP contribution in [0.4, 0.5) is 4.39 Å². The summed E-state index contributed by atoms with van der Waals surface area (Å²) >= 11 is 5.81. The highest BCUT2D eigenvalue weighted by Crippen LogP contribution is 2.22. The number of benzene rings is 1. The maximum atomic E-state index is 13.9. The fourth-order valence-corrected chi connectivity index (χ4v) is 3.91. The molecule has 1 aliphatic carbocycles. The molecule has 2 aliphatic rings. The lowest BCUT2D eigenvalue weighted by Gasteiger charge is -2.35. The van der Waals surface area contributed by atoms with Gasteiger partial charge >= 0.3 is 0 Å². The monoisotopic (exact) mass is 324 g/mol. The third-order valence-corrected chi connectivity index (χ3v) is 5.31. The van der Waals surface area contributed by atoms with Gasteiger partial charge in [0.15, 0.2) is 0 Å². The van der Waals surface area contributed by atoms with Crippen LogP contribution in [0.5, 0.6) is 0 Å². The quantitative estimate of drug-likeness (QED) is 0.885. The van der Waals surface area contributed by atoms with Crippen molar-refractivity contribution in [2.24, 2.45) is 0 Å². The predicted molar refractivity (Wildman–Crippen MR) is 89.7 cm³/mol. The van der Waals surface area contributed by atoms with Crippen molar-refractivity contribution in [2.75, 3.05) is 13.1 Å². The predicted octanol–water partition coefficient (Wildman–Crippen LogP) is 4.37. The van der Waals surface area contributed by atoms with E-state index in [0.717, 1.165) is 24.7 Å². The highest BCUT2D eigenvalue weighted by molar-refractivity contribution is 6.30. The zero-order chi connectivity index (χ0) is 15.4. The molecule has 122 valence electrons. The fourth-order valence-electron chi connectivity index (χ4n) is 3.75. The molecule has 0 bridgehead atoms. The Balaban J connectivity index is 1.45. The maximum Gasteiger partial charge on any atom is 0.129 e. The Kier molecular flexibility index (Phi) is 5.72. The van der Waals surface area contributed by atoms with Crippen molar-refractivity contribution in [1.29, 1.82) is 0 Å². The molecule has 22 heavy (non-hydrogen) atoms. The zero-order valence-electron chi connectivity index (χ0n) is 13.2. The number of piperidine rings is 1. The maximum absolute atomic E-state index is 13.9. The fraction of sp³-hybridized carbons (Fsp3) is 0.667.